The first-order chi connectivity index (χ1) is 14.2. The molecule has 29 heavy (non-hydrogen) atoms. The Kier molecular flexibility index (Phi) is 4.81. The lowest BCUT2D eigenvalue weighted by Gasteiger charge is -2.33. The maximum Gasteiger partial charge on any atom is 0.0412 e. The van der Waals surface area contributed by atoms with Crippen molar-refractivity contribution in [3.05, 3.63) is 129 Å². The molecule has 0 saturated heterocycles. The smallest absolute Gasteiger partial charge is 0.0412 e. The number of rotatable bonds is 4. The fourth-order valence-corrected chi connectivity index (χ4v) is 5.32. The first kappa shape index (κ1) is 18.7. The Bertz CT molecular complexity index is 1070. The van der Waals surface area contributed by atoms with Crippen LogP contribution in [0.3, 0.4) is 0 Å². The molecule has 0 heterocycles. The summed E-state index contributed by atoms with van der Waals surface area (Å²) in [4.78, 5) is 0. The van der Waals surface area contributed by atoms with Gasteiger partial charge in [-0.2, -0.15) is 0 Å². The molecule has 5 rings (SSSR count). The molecule has 0 N–H and O–H groups in total. The van der Waals surface area contributed by atoms with E-state index < -0.39 is 0 Å². The SMILES string of the molecule is Clc1ccc2c(c1)-c1cc(Br)ccc1C2(Cc1ccccc1)Cc1ccccc1. The van der Waals surface area contributed by atoms with E-state index in [2.05, 4.69) is 107 Å². The maximum absolute atomic E-state index is 6.43. The van der Waals surface area contributed by atoms with Crippen LogP contribution in [0.25, 0.3) is 11.1 Å². The predicted octanol–water partition coefficient (Wildman–Crippen LogP) is 7.85. The lowest BCUT2D eigenvalue weighted by atomic mass is 9.69. The molecule has 4 aromatic carbocycles. The van der Waals surface area contributed by atoms with Crippen LogP contribution in [0.2, 0.25) is 5.02 Å². The second kappa shape index (κ2) is 7.48. The van der Waals surface area contributed by atoms with E-state index in [1.165, 1.54) is 33.4 Å². The first-order valence-corrected chi connectivity index (χ1v) is 11.0. The third-order valence-corrected chi connectivity index (χ3v) is 6.71. The summed E-state index contributed by atoms with van der Waals surface area (Å²) >= 11 is 10.1. The van der Waals surface area contributed by atoms with Gasteiger partial charge in [0.25, 0.3) is 0 Å². The van der Waals surface area contributed by atoms with Crippen molar-refractivity contribution in [3.63, 3.8) is 0 Å². The molecule has 0 spiro atoms. The van der Waals surface area contributed by atoms with Gasteiger partial charge in [-0.15, -0.1) is 0 Å². The van der Waals surface area contributed by atoms with Crippen LogP contribution in [0.15, 0.2) is 102 Å². The number of halogens is 2. The molecule has 142 valence electrons. The van der Waals surface area contributed by atoms with Crippen LogP contribution in [-0.2, 0) is 18.3 Å². The highest BCUT2D eigenvalue weighted by molar-refractivity contribution is 9.10. The van der Waals surface area contributed by atoms with E-state index in [9.17, 15) is 0 Å². The number of hydrogen-bond donors (Lipinski definition) is 0. The molecule has 0 saturated carbocycles. The van der Waals surface area contributed by atoms with Gasteiger partial charge in [0.2, 0.25) is 0 Å². The van der Waals surface area contributed by atoms with Crippen molar-refractivity contribution in [3.8, 4) is 11.1 Å². The van der Waals surface area contributed by atoms with Gasteiger partial charge in [-0.1, -0.05) is 100 Å². The molecule has 4 aromatic rings. The summed E-state index contributed by atoms with van der Waals surface area (Å²) in [5, 5.41) is 0.782. The molecule has 1 aliphatic carbocycles. The Hall–Kier alpha value is -2.35. The highest BCUT2D eigenvalue weighted by atomic mass is 79.9. The van der Waals surface area contributed by atoms with E-state index >= 15 is 0 Å². The largest absolute Gasteiger partial charge is 0.0843 e. The zero-order valence-electron chi connectivity index (χ0n) is 15.9. The summed E-state index contributed by atoms with van der Waals surface area (Å²) in [5.74, 6) is 0. The predicted molar refractivity (Wildman–Crippen MR) is 126 cm³/mol. The number of hydrogen-bond acceptors (Lipinski definition) is 0. The molecule has 0 unspecified atom stereocenters. The Morgan fingerprint density at radius 1 is 0.621 bits per heavy atom. The van der Waals surface area contributed by atoms with Crippen molar-refractivity contribution in [2.75, 3.05) is 0 Å². The second-order valence-electron chi connectivity index (χ2n) is 7.79. The molecular formula is C27H20BrCl. The summed E-state index contributed by atoms with van der Waals surface area (Å²) in [7, 11) is 0. The van der Waals surface area contributed by atoms with Gasteiger partial charge in [0.15, 0.2) is 0 Å². The van der Waals surface area contributed by atoms with E-state index in [-0.39, 0.29) is 5.41 Å². The molecule has 2 heteroatoms. The molecule has 0 atom stereocenters. The summed E-state index contributed by atoms with van der Waals surface area (Å²) in [6, 6.07) is 34.7. The minimum atomic E-state index is -0.126. The van der Waals surface area contributed by atoms with Crippen LogP contribution in [0.1, 0.15) is 22.3 Å². The van der Waals surface area contributed by atoms with Crippen molar-refractivity contribution in [1.82, 2.24) is 0 Å². The minimum Gasteiger partial charge on any atom is -0.0843 e. The minimum absolute atomic E-state index is 0.126. The van der Waals surface area contributed by atoms with E-state index in [0.717, 1.165) is 22.3 Å². The monoisotopic (exact) mass is 458 g/mol. The molecule has 1 aliphatic rings. The fourth-order valence-electron chi connectivity index (χ4n) is 4.79. The lowest BCUT2D eigenvalue weighted by molar-refractivity contribution is 0.520. The average molecular weight is 460 g/mol. The molecule has 0 nitrogen and oxygen atoms in total. The Morgan fingerprint density at radius 2 is 1.14 bits per heavy atom. The summed E-state index contributed by atoms with van der Waals surface area (Å²) in [6.07, 6.45) is 1.90. The normalized spacial score (nSPS) is 13.7. The van der Waals surface area contributed by atoms with Crippen LogP contribution in [0, 0.1) is 0 Å². The van der Waals surface area contributed by atoms with Gasteiger partial charge >= 0.3 is 0 Å². The summed E-state index contributed by atoms with van der Waals surface area (Å²) in [6.45, 7) is 0. The van der Waals surface area contributed by atoms with Crippen molar-refractivity contribution in [1.29, 1.82) is 0 Å². The van der Waals surface area contributed by atoms with Gasteiger partial charge in [-0.25, -0.2) is 0 Å². The topological polar surface area (TPSA) is 0 Å². The molecule has 0 radical (unpaired) electrons. The van der Waals surface area contributed by atoms with E-state index in [1.807, 2.05) is 6.07 Å². The van der Waals surface area contributed by atoms with Gasteiger partial charge in [-0.3, -0.25) is 0 Å². The standard InChI is InChI=1S/C27H20BrCl/c28-21-11-13-25-23(15-21)24-16-22(29)12-14-26(24)27(25,17-19-7-3-1-4-8-19)18-20-9-5-2-6-10-20/h1-16H,17-18H2. The van der Waals surface area contributed by atoms with Crippen LogP contribution in [-0.4, -0.2) is 0 Å². The summed E-state index contributed by atoms with van der Waals surface area (Å²) < 4.78 is 1.09. The van der Waals surface area contributed by atoms with Gasteiger partial charge in [0, 0.05) is 14.9 Å². The molecular weight excluding hydrogens is 440 g/mol. The zero-order valence-corrected chi connectivity index (χ0v) is 18.2. The van der Waals surface area contributed by atoms with Gasteiger partial charge < -0.3 is 0 Å². The summed E-state index contributed by atoms with van der Waals surface area (Å²) in [5.41, 5.74) is 7.84. The van der Waals surface area contributed by atoms with Crippen LogP contribution < -0.4 is 0 Å². The van der Waals surface area contributed by atoms with Crippen LogP contribution >= 0.6 is 27.5 Å². The number of fused-ring (bicyclic) bond motifs is 3. The van der Waals surface area contributed by atoms with E-state index in [1.54, 1.807) is 0 Å². The lowest BCUT2D eigenvalue weighted by Crippen LogP contribution is -2.31. The van der Waals surface area contributed by atoms with Crippen molar-refractivity contribution in [2.24, 2.45) is 0 Å². The number of benzene rings is 4. The Balaban J connectivity index is 1.77. The quantitative estimate of drug-likeness (QED) is 0.291. The molecule has 0 bridgehead atoms. The highest BCUT2D eigenvalue weighted by Gasteiger charge is 2.43. The Labute approximate surface area is 185 Å². The molecule has 0 fully saturated rings. The maximum atomic E-state index is 6.43. The van der Waals surface area contributed by atoms with Crippen LogP contribution in [0.5, 0.6) is 0 Å². The highest BCUT2D eigenvalue weighted by Crippen LogP contribution is 2.53. The second-order valence-corrected chi connectivity index (χ2v) is 9.14. The fraction of sp³-hybridized carbons (Fsp3) is 0.111. The van der Waals surface area contributed by atoms with Crippen molar-refractivity contribution >= 4 is 27.5 Å². The zero-order chi connectivity index (χ0) is 19.8. The van der Waals surface area contributed by atoms with Crippen molar-refractivity contribution in [2.45, 2.75) is 18.3 Å². The van der Waals surface area contributed by atoms with Gasteiger partial charge in [0.05, 0.1) is 0 Å². The van der Waals surface area contributed by atoms with Gasteiger partial charge in [0.1, 0.15) is 0 Å². The van der Waals surface area contributed by atoms with E-state index in [0.29, 0.717) is 0 Å². The first-order valence-electron chi connectivity index (χ1n) is 9.84. The average Bonchev–Trinajstić information content (AvgIpc) is 2.98. The van der Waals surface area contributed by atoms with E-state index in [4.69, 9.17) is 11.6 Å². The van der Waals surface area contributed by atoms with Crippen molar-refractivity contribution < 1.29 is 0 Å². The Morgan fingerprint density at radius 3 is 1.72 bits per heavy atom. The van der Waals surface area contributed by atoms with Gasteiger partial charge in [-0.05, 0) is 70.5 Å². The third-order valence-electron chi connectivity index (χ3n) is 5.98. The molecule has 0 amide bonds. The van der Waals surface area contributed by atoms with Crippen LogP contribution in [0.4, 0.5) is 0 Å². The third kappa shape index (κ3) is 3.33. The molecule has 0 aliphatic heterocycles. The molecule has 0 aromatic heterocycles.